The molecule has 11 heavy (non-hydrogen) atoms. The first kappa shape index (κ1) is 7.85. The van der Waals surface area contributed by atoms with Crippen LogP contribution in [0.2, 0.25) is 0 Å². The normalized spacial score (nSPS) is 10.5. The highest BCUT2D eigenvalue weighted by atomic mass is 14.9. The minimum atomic E-state index is 0.403. The van der Waals surface area contributed by atoms with E-state index in [0.717, 1.165) is 5.56 Å². The van der Waals surface area contributed by atoms with E-state index in [0.29, 0.717) is 17.4 Å². The molecule has 0 bridgehead atoms. The second-order valence-electron chi connectivity index (χ2n) is 2.85. The van der Waals surface area contributed by atoms with Crippen LogP contribution in [0.25, 0.3) is 0 Å². The van der Waals surface area contributed by atoms with Crippen LogP contribution in [0.3, 0.4) is 0 Å². The van der Waals surface area contributed by atoms with Crippen molar-refractivity contribution in [2.45, 2.75) is 19.8 Å². The van der Waals surface area contributed by atoms with E-state index in [2.05, 4.69) is 18.8 Å². The van der Waals surface area contributed by atoms with Crippen LogP contribution in [0.1, 0.15) is 25.3 Å². The number of nitrogens with two attached hydrogens (primary N) is 2. The maximum atomic E-state index is 5.70. The second kappa shape index (κ2) is 2.78. The van der Waals surface area contributed by atoms with Gasteiger partial charge in [-0.25, -0.2) is 4.98 Å². The van der Waals surface area contributed by atoms with Gasteiger partial charge in [-0.05, 0) is 17.5 Å². The van der Waals surface area contributed by atoms with Gasteiger partial charge in [0.15, 0.2) is 0 Å². The summed E-state index contributed by atoms with van der Waals surface area (Å²) in [5.41, 5.74) is 12.9. The molecule has 0 aliphatic carbocycles. The average Bonchev–Trinajstić information content (AvgIpc) is 1.94. The molecule has 0 fully saturated rings. The number of aromatic nitrogens is 1. The van der Waals surface area contributed by atoms with Crippen molar-refractivity contribution in [2.75, 3.05) is 11.5 Å². The lowest BCUT2D eigenvalue weighted by atomic mass is 10.0. The number of nitrogens with zero attached hydrogens (tertiary/aromatic N) is 1. The highest BCUT2D eigenvalue weighted by Crippen LogP contribution is 2.24. The van der Waals surface area contributed by atoms with E-state index in [1.54, 1.807) is 6.20 Å². The first-order valence-corrected chi connectivity index (χ1v) is 3.62. The molecule has 1 rings (SSSR count). The average molecular weight is 151 g/mol. The van der Waals surface area contributed by atoms with E-state index < -0.39 is 0 Å². The topological polar surface area (TPSA) is 64.9 Å². The summed E-state index contributed by atoms with van der Waals surface area (Å²) in [4.78, 5) is 3.87. The van der Waals surface area contributed by atoms with Gasteiger partial charge in [-0.1, -0.05) is 13.8 Å². The number of pyridine rings is 1. The molecule has 3 heteroatoms. The molecule has 0 aromatic carbocycles. The Balaban J connectivity index is 3.17. The molecule has 0 unspecified atom stereocenters. The van der Waals surface area contributed by atoms with Gasteiger partial charge >= 0.3 is 0 Å². The summed E-state index contributed by atoms with van der Waals surface area (Å²) in [7, 11) is 0. The van der Waals surface area contributed by atoms with Gasteiger partial charge in [0.2, 0.25) is 0 Å². The molecule has 0 spiro atoms. The van der Waals surface area contributed by atoms with Crippen LogP contribution in [0, 0.1) is 0 Å². The standard InChI is InChI=1S/C8H13N3/c1-5(2)6-3-4-11-8(10)7(6)9/h3-5H,9H2,1-2H3,(H2,10,11). The fourth-order valence-electron chi connectivity index (χ4n) is 1.01. The number of anilines is 2. The van der Waals surface area contributed by atoms with E-state index in [1.807, 2.05) is 6.07 Å². The molecule has 1 heterocycles. The second-order valence-corrected chi connectivity index (χ2v) is 2.85. The summed E-state index contributed by atoms with van der Waals surface area (Å²) < 4.78 is 0. The molecule has 4 N–H and O–H groups in total. The molecular formula is C8H13N3. The minimum absolute atomic E-state index is 0.403. The van der Waals surface area contributed by atoms with Crippen LogP contribution in [0.15, 0.2) is 12.3 Å². The lowest BCUT2D eigenvalue weighted by Crippen LogP contribution is -2.02. The van der Waals surface area contributed by atoms with Crippen molar-refractivity contribution in [3.63, 3.8) is 0 Å². The SMILES string of the molecule is CC(C)c1ccnc(N)c1N. The third kappa shape index (κ3) is 1.42. The Morgan fingerprint density at radius 3 is 2.45 bits per heavy atom. The Hall–Kier alpha value is -1.25. The summed E-state index contributed by atoms with van der Waals surface area (Å²) in [5.74, 6) is 0.830. The van der Waals surface area contributed by atoms with E-state index in [4.69, 9.17) is 11.5 Å². The maximum Gasteiger partial charge on any atom is 0.146 e. The number of hydrogen-bond acceptors (Lipinski definition) is 3. The van der Waals surface area contributed by atoms with Gasteiger partial charge in [-0.2, -0.15) is 0 Å². The largest absolute Gasteiger partial charge is 0.396 e. The molecule has 0 aliphatic heterocycles. The van der Waals surface area contributed by atoms with Crippen molar-refractivity contribution < 1.29 is 0 Å². The van der Waals surface area contributed by atoms with Crippen LogP contribution >= 0.6 is 0 Å². The number of hydrogen-bond donors (Lipinski definition) is 2. The first-order valence-electron chi connectivity index (χ1n) is 3.62. The zero-order valence-corrected chi connectivity index (χ0v) is 6.83. The molecule has 0 amide bonds. The maximum absolute atomic E-state index is 5.70. The molecule has 60 valence electrons. The fraction of sp³-hybridized carbons (Fsp3) is 0.375. The highest BCUT2D eigenvalue weighted by molar-refractivity contribution is 5.63. The monoisotopic (exact) mass is 151 g/mol. The van der Waals surface area contributed by atoms with E-state index >= 15 is 0 Å². The van der Waals surface area contributed by atoms with Gasteiger partial charge in [0.25, 0.3) is 0 Å². The predicted octanol–water partition coefficient (Wildman–Crippen LogP) is 1.37. The van der Waals surface area contributed by atoms with Crippen molar-refractivity contribution in [1.29, 1.82) is 0 Å². The van der Waals surface area contributed by atoms with Crippen molar-refractivity contribution in [1.82, 2.24) is 4.98 Å². The fourth-order valence-corrected chi connectivity index (χ4v) is 1.01. The van der Waals surface area contributed by atoms with Crippen LogP contribution in [-0.2, 0) is 0 Å². The van der Waals surface area contributed by atoms with Crippen LogP contribution in [0.4, 0.5) is 11.5 Å². The summed E-state index contributed by atoms with van der Waals surface area (Å²) in [5, 5.41) is 0. The summed E-state index contributed by atoms with van der Waals surface area (Å²) in [6, 6.07) is 1.90. The van der Waals surface area contributed by atoms with Gasteiger partial charge in [-0.15, -0.1) is 0 Å². The van der Waals surface area contributed by atoms with Crippen LogP contribution < -0.4 is 11.5 Å². The molecule has 0 saturated carbocycles. The zero-order chi connectivity index (χ0) is 8.43. The summed E-state index contributed by atoms with van der Waals surface area (Å²) in [6.07, 6.45) is 1.68. The Labute approximate surface area is 66.4 Å². The molecule has 0 saturated heterocycles. The Morgan fingerprint density at radius 1 is 1.36 bits per heavy atom. The van der Waals surface area contributed by atoms with Crippen LogP contribution in [-0.4, -0.2) is 4.98 Å². The van der Waals surface area contributed by atoms with Gasteiger partial charge in [0, 0.05) is 6.20 Å². The molecule has 3 nitrogen and oxygen atoms in total. The van der Waals surface area contributed by atoms with Gasteiger partial charge in [0.05, 0.1) is 5.69 Å². The molecule has 0 radical (unpaired) electrons. The van der Waals surface area contributed by atoms with E-state index in [-0.39, 0.29) is 0 Å². The predicted molar refractivity (Wildman–Crippen MR) is 47.2 cm³/mol. The van der Waals surface area contributed by atoms with Gasteiger partial charge < -0.3 is 11.5 Å². The Kier molecular flexibility index (Phi) is 1.98. The number of rotatable bonds is 1. The molecule has 0 atom stereocenters. The summed E-state index contributed by atoms with van der Waals surface area (Å²) in [6.45, 7) is 4.15. The molecule has 0 aliphatic rings. The molecule has 1 aromatic rings. The smallest absolute Gasteiger partial charge is 0.146 e. The van der Waals surface area contributed by atoms with Crippen molar-refractivity contribution in [3.8, 4) is 0 Å². The quantitative estimate of drug-likeness (QED) is 0.637. The lowest BCUT2D eigenvalue weighted by molar-refractivity contribution is 0.867. The Morgan fingerprint density at radius 2 is 2.00 bits per heavy atom. The van der Waals surface area contributed by atoms with Crippen molar-refractivity contribution >= 4 is 11.5 Å². The summed E-state index contributed by atoms with van der Waals surface area (Å²) >= 11 is 0. The minimum Gasteiger partial charge on any atom is -0.396 e. The van der Waals surface area contributed by atoms with Gasteiger partial charge in [0.1, 0.15) is 5.82 Å². The lowest BCUT2D eigenvalue weighted by Gasteiger charge is -2.09. The van der Waals surface area contributed by atoms with Crippen LogP contribution in [0.5, 0.6) is 0 Å². The van der Waals surface area contributed by atoms with Crippen molar-refractivity contribution in [2.24, 2.45) is 0 Å². The molecule has 1 aromatic heterocycles. The van der Waals surface area contributed by atoms with E-state index in [1.165, 1.54) is 0 Å². The van der Waals surface area contributed by atoms with E-state index in [9.17, 15) is 0 Å². The first-order chi connectivity index (χ1) is 5.13. The number of nitrogen functional groups attached to an aromatic ring is 2. The zero-order valence-electron chi connectivity index (χ0n) is 6.83. The highest BCUT2D eigenvalue weighted by Gasteiger charge is 2.05. The third-order valence-corrected chi connectivity index (χ3v) is 1.68. The van der Waals surface area contributed by atoms with Crippen molar-refractivity contribution in [3.05, 3.63) is 17.8 Å². The van der Waals surface area contributed by atoms with Gasteiger partial charge in [-0.3, -0.25) is 0 Å². The Bertz CT molecular complexity index is 256. The third-order valence-electron chi connectivity index (χ3n) is 1.68. The molecular weight excluding hydrogens is 138 g/mol.